The van der Waals surface area contributed by atoms with Crippen LogP contribution in [0.2, 0.25) is 5.02 Å². The number of anilines is 1. The van der Waals surface area contributed by atoms with Crippen molar-refractivity contribution in [3.8, 4) is 0 Å². The van der Waals surface area contributed by atoms with Crippen molar-refractivity contribution in [2.75, 3.05) is 12.0 Å². The number of rotatable bonds is 0. The SMILES string of the molecule is O=S1(=O)NCNc2c1ccc(Cl)c2F. The molecule has 0 bridgehead atoms. The van der Waals surface area contributed by atoms with Gasteiger partial charge in [-0.1, -0.05) is 11.6 Å². The molecule has 0 atom stereocenters. The number of hydrogen-bond donors (Lipinski definition) is 2. The van der Waals surface area contributed by atoms with Crippen molar-refractivity contribution >= 4 is 27.3 Å². The van der Waals surface area contributed by atoms with Crippen LogP contribution in [0, 0.1) is 5.82 Å². The summed E-state index contributed by atoms with van der Waals surface area (Å²) in [5.41, 5.74) is -0.0729. The van der Waals surface area contributed by atoms with Gasteiger partial charge >= 0.3 is 0 Å². The maximum atomic E-state index is 13.3. The third kappa shape index (κ3) is 1.35. The van der Waals surface area contributed by atoms with E-state index in [1.165, 1.54) is 12.1 Å². The summed E-state index contributed by atoms with van der Waals surface area (Å²) in [7, 11) is -3.59. The van der Waals surface area contributed by atoms with Crippen LogP contribution in [0.4, 0.5) is 10.1 Å². The summed E-state index contributed by atoms with van der Waals surface area (Å²) in [5, 5.41) is 2.47. The Bertz CT molecular complexity index is 489. The maximum absolute atomic E-state index is 13.3. The molecule has 7 heteroatoms. The molecule has 1 aliphatic rings. The molecule has 1 aliphatic heterocycles. The maximum Gasteiger partial charge on any atom is 0.244 e. The van der Waals surface area contributed by atoms with E-state index in [-0.39, 0.29) is 22.3 Å². The summed E-state index contributed by atoms with van der Waals surface area (Å²) in [4.78, 5) is -0.120. The second-order valence-corrected chi connectivity index (χ2v) is 4.88. The van der Waals surface area contributed by atoms with Crippen LogP contribution in [-0.4, -0.2) is 15.1 Å². The summed E-state index contributed by atoms with van der Waals surface area (Å²) >= 11 is 5.51. The number of halogens is 2. The first-order chi connectivity index (χ1) is 6.52. The predicted molar refractivity (Wildman–Crippen MR) is 50.2 cm³/mol. The van der Waals surface area contributed by atoms with Crippen molar-refractivity contribution in [3.05, 3.63) is 23.0 Å². The first-order valence-corrected chi connectivity index (χ1v) is 5.60. The summed E-state index contributed by atoms with van der Waals surface area (Å²) in [5.74, 6) is -0.741. The summed E-state index contributed by atoms with van der Waals surface area (Å²) in [6.45, 7) is -0.0351. The second kappa shape index (κ2) is 3.08. The van der Waals surface area contributed by atoms with Crippen molar-refractivity contribution < 1.29 is 12.8 Å². The van der Waals surface area contributed by atoms with Crippen LogP contribution in [0.1, 0.15) is 0 Å². The summed E-state index contributed by atoms with van der Waals surface area (Å²) in [6.07, 6.45) is 0. The van der Waals surface area contributed by atoms with Crippen LogP contribution in [0.15, 0.2) is 17.0 Å². The highest BCUT2D eigenvalue weighted by molar-refractivity contribution is 7.89. The highest BCUT2D eigenvalue weighted by Gasteiger charge is 2.26. The molecule has 2 N–H and O–H groups in total. The number of fused-ring (bicyclic) bond motifs is 1. The Morgan fingerprint density at radius 2 is 2.14 bits per heavy atom. The van der Waals surface area contributed by atoms with E-state index in [2.05, 4.69) is 10.0 Å². The van der Waals surface area contributed by atoms with Gasteiger partial charge in [0, 0.05) is 0 Å². The Morgan fingerprint density at radius 1 is 1.43 bits per heavy atom. The molecule has 1 aromatic rings. The average molecular weight is 237 g/mol. The second-order valence-electron chi connectivity index (χ2n) is 2.74. The first-order valence-electron chi connectivity index (χ1n) is 3.74. The molecule has 0 amide bonds. The molecule has 76 valence electrons. The molecule has 0 spiro atoms. The molecule has 14 heavy (non-hydrogen) atoms. The van der Waals surface area contributed by atoms with Crippen molar-refractivity contribution in [2.45, 2.75) is 4.90 Å². The van der Waals surface area contributed by atoms with E-state index >= 15 is 0 Å². The lowest BCUT2D eigenvalue weighted by Crippen LogP contribution is -2.35. The topological polar surface area (TPSA) is 58.2 Å². The van der Waals surface area contributed by atoms with Crippen LogP contribution in [0.25, 0.3) is 0 Å². The van der Waals surface area contributed by atoms with Crippen LogP contribution in [0.5, 0.6) is 0 Å². The highest BCUT2D eigenvalue weighted by Crippen LogP contribution is 2.31. The van der Waals surface area contributed by atoms with Crippen LogP contribution in [-0.2, 0) is 10.0 Å². The lowest BCUT2D eigenvalue weighted by Gasteiger charge is -2.19. The smallest absolute Gasteiger partial charge is 0.244 e. The van der Waals surface area contributed by atoms with Gasteiger partial charge in [0.05, 0.1) is 17.4 Å². The standard InChI is InChI=1S/C7H6ClFN2O2S/c8-4-1-2-5-7(6(4)9)10-3-11-14(5,12)13/h1-2,10-11H,3H2. The van der Waals surface area contributed by atoms with Crippen LogP contribution in [0.3, 0.4) is 0 Å². The number of nitrogens with one attached hydrogen (secondary N) is 2. The van der Waals surface area contributed by atoms with Crippen LogP contribution >= 0.6 is 11.6 Å². The minimum Gasteiger partial charge on any atom is -0.368 e. The molecule has 2 rings (SSSR count). The van der Waals surface area contributed by atoms with Gasteiger partial charge in [0.2, 0.25) is 10.0 Å². The molecule has 0 saturated carbocycles. The van der Waals surface area contributed by atoms with Crippen molar-refractivity contribution in [3.63, 3.8) is 0 Å². The monoisotopic (exact) mass is 236 g/mol. The van der Waals surface area contributed by atoms with Crippen molar-refractivity contribution in [1.82, 2.24) is 4.72 Å². The predicted octanol–water partition coefficient (Wildman–Crippen LogP) is 1.14. The number of benzene rings is 1. The molecule has 0 radical (unpaired) electrons. The Morgan fingerprint density at radius 3 is 2.86 bits per heavy atom. The zero-order valence-corrected chi connectivity index (χ0v) is 8.41. The molecule has 0 unspecified atom stereocenters. The number of hydrogen-bond acceptors (Lipinski definition) is 3. The van der Waals surface area contributed by atoms with Gasteiger partial charge < -0.3 is 5.32 Å². The fourth-order valence-electron chi connectivity index (χ4n) is 1.22. The van der Waals surface area contributed by atoms with Crippen LogP contribution < -0.4 is 10.0 Å². The molecular weight excluding hydrogens is 231 g/mol. The van der Waals surface area contributed by atoms with Gasteiger partial charge in [0.25, 0.3) is 0 Å². The fourth-order valence-corrected chi connectivity index (χ4v) is 2.47. The number of sulfonamides is 1. The summed E-state index contributed by atoms with van der Waals surface area (Å²) in [6, 6.07) is 2.47. The van der Waals surface area contributed by atoms with Gasteiger partial charge in [-0.25, -0.2) is 12.8 Å². The van der Waals surface area contributed by atoms with E-state index in [9.17, 15) is 12.8 Å². The van der Waals surface area contributed by atoms with Gasteiger partial charge in [0.15, 0.2) is 5.82 Å². The third-order valence-electron chi connectivity index (χ3n) is 1.87. The van der Waals surface area contributed by atoms with E-state index in [1.807, 2.05) is 0 Å². The quantitative estimate of drug-likeness (QED) is 0.710. The summed E-state index contributed by atoms with van der Waals surface area (Å²) < 4.78 is 38.3. The molecule has 0 aromatic heterocycles. The van der Waals surface area contributed by atoms with Gasteiger partial charge in [0.1, 0.15) is 4.90 Å². The third-order valence-corrected chi connectivity index (χ3v) is 3.61. The minimum atomic E-state index is -3.59. The largest absolute Gasteiger partial charge is 0.368 e. The Hall–Kier alpha value is -0.850. The average Bonchev–Trinajstić information content (AvgIpc) is 2.11. The Balaban J connectivity index is 2.75. The van der Waals surface area contributed by atoms with Gasteiger partial charge in [-0.15, -0.1) is 0 Å². The first kappa shape index (κ1) is 9.70. The molecule has 4 nitrogen and oxygen atoms in total. The van der Waals surface area contributed by atoms with E-state index in [0.717, 1.165) is 0 Å². The fraction of sp³-hybridized carbons (Fsp3) is 0.143. The van der Waals surface area contributed by atoms with E-state index in [0.29, 0.717) is 0 Å². The molecule has 1 heterocycles. The highest BCUT2D eigenvalue weighted by atomic mass is 35.5. The molecule has 0 saturated heterocycles. The van der Waals surface area contributed by atoms with E-state index in [4.69, 9.17) is 11.6 Å². The van der Waals surface area contributed by atoms with Crippen molar-refractivity contribution in [1.29, 1.82) is 0 Å². The van der Waals surface area contributed by atoms with Crippen molar-refractivity contribution in [2.24, 2.45) is 0 Å². The van der Waals surface area contributed by atoms with E-state index in [1.54, 1.807) is 0 Å². The lowest BCUT2D eigenvalue weighted by molar-refractivity contribution is 0.575. The van der Waals surface area contributed by atoms with Gasteiger partial charge in [-0.2, -0.15) is 4.72 Å². The molecular formula is C7H6ClFN2O2S. The molecule has 1 aromatic carbocycles. The zero-order chi connectivity index (χ0) is 10.3. The minimum absolute atomic E-state index is 0.0351. The van der Waals surface area contributed by atoms with E-state index < -0.39 is 15.8 Å². The van der Waals surface area contributed by atoms with Gasteiger partial charge in [-0.3, -0.25) is 0 Å². The lowest BCUT2D eigenvalue weighted by atomic mass is 10.3. The zero-order valence-electron chi connectivity index (χ0n) is 6.84. The van der Waals surface area contributed by atoms with Gasteiger partial charge in [-0.05, 0) is 12.1 Å². The Labute approximate surface area is 85.1 Å². The normalized spacial score (nSPS) is 18.4. The Kier molecular flexibility index (Phi) is 2.13. The molecule has 0 fully saturated rings. The molecule has 0 aliphatic carbocycles.